The Hall–Kier alpha value is -1.64. The maximum Gasteiger partial charge on any atom is 0.315 e. The highest BCUT2D eigenvalue weighted by Crippen LogP contribution is 2.44. The zero-order chi connectivity index (χ0) is 12.8. The van der Waals surface area contributed by atoms with Crippen molar-refractivity contribution in [2.75, 3.05) is 0 Å². The van der Waals surface area contributed by atoms with Crippen LogP contribution in [0.4, 0.5) is 0 Å². The maximum absolute atomic E-state index is 11.6. The number of carboxylic acids is 1. The van der Waals surface area contributed by atoms with Gasteiger partial charge in [-0.1, -0.05) is 18.2 Å². The molecule has 1 saturated carbocycles. The normalized spacial score (nSPS) is 21.0. The van der Waals surface area contributed by atoms with Gasteiger partial charge in [-0.15, -0.1) is 0 Å². The van der Waals surface area contributed by atoms with Crippen molar-refractivity contribution in [2.24, 2.45) is 0 Å². The third kappa shape index (κ3) is 1.50. The first-order valence-electron chi connectivity index (χ1n) is 6.50. The summed E-state index contributed by atoms with van der Waals surface area (Å²) in [5.41, 5.74) is 2.43. The van der Waals surface area contributed by atoms with E-state index in [9.17, 15) is 14.7 Å². The number of Topliss-reactive ketones (excluding diaryl/α,β-unsaturated/α-hetero) is 1. The van der Waals surface area contributed by atoms with Crippen LogP contribution >= 0.6 is 0 Å². The Kier molecular flexibility index (Phi) is 2.51. The summed E-state index contributed by atoms with van der Waals surface area (Å²) in [4.78, 5) is 22.9. The van der Waals surface area contributed by atoms with Crippen molar-refractivity contribution in [3.63, 3.8) is 0 Å². The molecule has 0 bridgehead atoms. The van der Waals surface area contributed by atoms with E-state index in [0.29, 0.717) is 0 Å². The third-order valence-corrected chi connectivity index (χ3v) is 4.32. The molecule has 1 aromatic rings. The van der Waals surface area contributed by atoms with E-state index in [1.807, 2.05) is 12.1 Å². The number of ketones is 1. The number of hydrogen-bond donors (Lipinski definition) is 1. The molecular formula is C15H16O3. The molecule has 0 aliphatic heterocycles. The first-order valence-corrected chi connectivity index (χ1v) is 6.50. The number of carboxylic acid groups (broad SMARTS) is 1. The molecule has 3 rings (SSSR count). The fourth-order valence-corrected chi connectivity index (χ4v) is 3.31. The Morgan fingerprint density at radius 2 is 1.89 bits per heavy atom. The number of rotatable bonds is 2. The zero-order valence-electron chi connectivity index (χ0n) is 10.2. The van der Waals surface area contributed by atoms with Crippen LogP contribution in [0.25, 0.3) is 0 Å². The van der Waals surface area contributed by atoms with Crippen LogP contribution in [-0.2, 0) is 27.8 Å². The lowest BCUT2D eigenvalue weighted by Gasteiger charge is -2.39. The fourth-order valence-electron chi connectivity index (χ4n) is 3.31. The molecule has 1 N–H and O–H groups in total. The largest absolute Gasteiger partial charge is 0.481 e. The Balaban J connectivity index is 2.11. The predicted octanol–water partition coefficient (Wildman–Crippen LogP) is 2.25. The van der Waals surface area contributed by atoms with E-state index >= 15 is 0 Å². The minimum atomic E-state index is -0.931. The number of carbonyl (C=O) groups excluding carboxylic acids is 1. The third-order valence-electron chi connectivity index (χ3n) is 4.32. The van der Waals surface area contributed by atoms with E-state index < -0.39 is 11.4 Å². The van der Waals surface area contributed by atoms with E-state index in [-0.39, 0.29) is 18.6 Å². The quantitative estimate of drug-likeness (QED) is 0.868. The summed E-state index contributed by atoms with van der Waals surface area (Å²) in [5.74, 6) is -0.785. The molecule has 0 spiro atoms. The lowest BCUT2D eigenvalue weighted by Crippen LogP contribution is -2.49. The Morgan fingerprint density at radius 3 is 2.56 bits per heavy atom. The van der Waals surface area contributed by atoms with Gasteiger partial charge in [0, 0.05) is 12.8 Å². The van der Waals surface area contributed by atoms with Crippen LogP contribution in [0.1, 0.15) is 42.4 Å². The van der Waals surface area contributed by atoms with Gasteiger partial charge in [0.25, 0.3) is 0 Å². The van der Waals surface area contributed by atoms with Gasteiger partial charge in [-0.05, 0) is 42.4 Å². The minimum absolute atomic E-state index is 0.0609. The first-order chi connectivity index (χ1) is 8.63. The van der Waals surface area contributed by atoms with Gasteiger partial charge in [-0.3, -0.25) is 9.59 Å². The van der Waals surface area contributed by atoms with Gasteiger partial charge in [0.05, 0.1) is 0 Å². The second-order valence-electron chi connectivity index (χ2n) is 5.43. The summed E-state index contributed by atoms with van der Waals surface area (Å²) >= 11 is 0. The molecule has 1 aromatic carbocycles. The highest BCUT2D eigenvalue weighted by molar-refractivity contribution is 6.01. The van der Waals surface area contributed by atoms with Crippen LogP contribution in [0.15, 0.2) is 18.2 Å². The molecule has 3 nitrogen and oxygen atoms in total. The Bertz CT molecular complexity index is 523. The van der Waals surface area contributed by atoms with E-state index in [4.69, 9.17) is 0 Å². The molecule has 0 saturated heterocycles. The van der Waals surface area contributed by atoms with E-state index in [1.165, 1.54) is 17.5 Å². The molecule has 3 heteroatoms. The molecule has 0 amide bonds. The molecule has 18 heavy (non-hydrogen) atoms. The summed E-state index contributed by atoms with van der Waals surface area (Å²) in [6.45, 7) is 0. The van der Waals surface area contributed by atoms with Crippen molar-refractivity contribution in [3.8, 4) is 0 Å². The molecule has 94 valence electrons. The van der Waals surface area contributed by atoms with Crippen molar-refractivity contribution in [1.82, 2.24) is 0 Å². The van der Waals surface area contributed by atoms with Gasteiger partial charge in [0.2, 0.25) is 0 Å². The molecule has 0 heterocycles. The van der Waals surface area contributed by atoms with Gasteiger partial charge in [-0.25, -0.2) is 0 Å². The molecule has 0 radical (unpaired) electrons. The van der Waals surface area contributed by atoms with Crippen LogP contribution in [-0.4, -0.2) is 16.9 Å². The van der Waals surface area contributed by atoms with Gasteiger partial charge in [0.15, 0.2) is 0 Å². The molecule has 2 aliphatic carbocycles. The average Bonchev–Trinajstić information content (AvgIpc) is 2.34. The molecule has 0 atom stereocenters. The first kappa shape index (κ1) is 11.5. The van der Waals surface area contributed by atoms with Crippen molar-refractivity contribution in [1.29, 1.82) is 0 Å². The van der Waals surface area contributed by atoms with Crippen molar-refractivity contribution in [2.45, 2.75) is 43.9 Å². The monoisotopic (exact) mass is 244 g/mol. The number of carbonyl (C=O) groups is 2. The number of aryl methyl sites for hydroxylation is 1. The molecule has 0 unspecified atom stereocenters. The van der Waals surface area contributed by atoms with Gasteiger partial charge in [-0.2, -0.15) is 0 Å². The number of aliphatic carboxylic acids is 1. The molecule has 2 aliphatic rings. The lowest BCUT2D eigenvalue weighted by molar-refractivity contribution is -0.153. The summed E-state index contributed by atoms with van der Waals surface area (Å²) in [5, 5.41) is 9.50. The van der Waals surface area contributed by atoms with Crippen LogP contribution in [0.5, 0.6) is 0 Å². The minimum Gasteiger partial charge on any atom is -0.481 e. The van der Waals surface area contributed by atoms with E-state index in [1.54, 1.807) is 0 Å². The van der Waals surface area contributed by atoms with Gasteiger partial charge < -0.3 is 5.11 Å². The zero-order valence-corrected chi connectivity index (χ0v) is 10.2. The molecular weight excluding hydrogens is 228 g/mol. The van der Waals surface area contributed by atoms with Crippen molar-refractivity contribution >= 4 is 11.8 Å². The lowest BCUT2D eigenvalue weighted by atomic mass is 9.61. The Labute approximate surface area is 106 Å². The van der Waals surface area contributed by atoms with E-state index in [2.05, 4.69) is 6.07 Å². The predicted molar refractivity (Wildman–Crippen MR) is 66.6 cm³/mol. The number of fused-ring (bicyclic) bond motifs is 1. The van der Waals surface area contributed by atoms with Gasteiger partial charge >= 0.3 is 5.97 Å². The van der Waals surface area contributed by atoms with Gasteiger partial charge in [0.1, 0.15) is 11.2 Å². The highest BCUT2D eigenvalue weighted by Gasteiger charge is 2.52. The SMILES string of the molecule is O=C1CC(C(=O)O)(c2cccc3c2CCCC3)C1. The van der Waals surface area contributed by atoms with Crippen LogP contribution in [0.3, 0.4) is 0 Å². The second-order valence-corrected chi connectivity index (χ2v) is 5.43. The number of benzene rings is 1. The summed E-state index contributed by atoms with van der Waals surface area (Å²) in [6.07, 6.45) is 4.61. The maximum atomic E-state index is 11.6. The van der Waals surface area contributed by atoms with Crippen molar-refractivity contribution < 1.29 is 14.7 Å². The summed E-state index contributed by atoms with van der Waals surface area (Å²) in [7, 11) is 0. The second kappa shape index (κ2) is 3.94. The van der Waals surface area contributed by atoms with Crippen LogP contribution in [0, 0.1) is 0 Å². The standard InChI is InChI=1S/C15H16O3/c16-11-8-15(9-11,14(17)18)13-7-3-5-10-4-1-2-6-12(10)13/h3,5,7H,1-2,4,6,8-9H2,(H,17,18). The summed E-state index contributed by atoms with van der Waals surface area (Å²) in [6, 6.07) is 5.94. The molecule has 1 fully saturated rings. The van der Waals surface area contributed by atoms with Crippen molar-refractivity contribution in [3.05, 3.63) is 34.9 Å². The highest BCUT2D eigenvalue weighted by atomic mass is 16.4. The summed E-state index contributed by atoms with van der Waals surface area (Å²) < 4.78 is 0. The number of hydrogen-bond acceptors (Lipinski definition) is 2. The fraction of sp³-hybridized carbons (Fsp3) is 0.467. The smallest absolute Gasteiger partial charge is 0.315 e. The van der Waals surface area contributed by atoms with Crippen LogP contribution < -0.4 is 0 Å². The van der Waals surface area contributed by atoms with Crippen LogP contribution in [0.2, 0.25) is 0 Å². The molecule has 0 aromatic heterocycles. The topological polar surface area (TPSA) is 54.4 Å². The Morgan fingerprint density at radius 1 is 1.17 bits per heavy atom. The average molecular weight is 244 g/mol. The van der Waals surface area contributed by atoms with E-state index in [0.717, 1.165) is 24.8 Å².